The van der Waals surface area contributed by atoms with Crippen LogP contribution in [-0.2, 0) is 4.75 Å². The van der Waals surface area contributed by atoms with Gasteiger partial charge in [-0.1, -0.05) is 0 Å². The molecule has 3 rings (SSSR count). The van der Waals surface area contributed by atoms with Crippen molar-refractivity contribution in [2.75, 3.05) is 5.75 Å². The maximum absolute atomic E-state index is 4.82. The summed E-state index contributed by atoms with van der Waals surface area (Å²) in [7, 11) is 0. The van der Waals surface area contributed by atoms with Crippen LogP contribution in [0.25, 0.3) is 0 Å². The van der Waals surface area contributed by atoms with E-state index in [-0.39, 0.29) is 0 Å². The Kier molecular flexibility index (Phi) is 2.13. The quantitative estimate of drug-likeness (QED) is 0.760. The number of thioether (sulfide) groups is 1. The van der Waals surface area contributed by atoms with E-state index in [1.807, 2.05) is 11.3 Å². The lowest BCUT2D eigenvalue weighted by molar-refractivity contribution is 0.639. The van der Waals surface area contributed by atoms with Crippen molar-refractivity contribution in [3.8, 4) is 0 Å². The molecule has 0 N–H and O–H groups in total. The van der Waals surface area contributed by atoms with Crippen molar-refractivity contribution in [3.63, 3.8) is 0 Å². The fourth-order valence-electron chi connectivity index (χ4n) is 2.04. The molecular weight excluding hydrogens is 210 g/mol. The SMILES string of the molecule is CC1(c2nc(C3CC3)cs2)CCCS1. The molecule has 0 spiro atoms. The highest BCUT2D eigenvalue weighted by atomic mass is 32.2. The van der Waals surface area contributed by atoms with Crippen LogP contribution in [0.4, 0.5) is 0 Å². The normalized spacial score (nSPS) is 32.4. The van der Waals surface area contributed by atoms with E-state index in [0.717, 1.165) is 5.92 Å². The summed E-state index contributed by atoms with van der Waals surface area (Å²) < 4.78 is 0.345. The van der Waals surface area contributed by atoms with Crippen molar-refractivity contribution in [3.05, 3.63) is 16.1 Å². The summed E-state index contributed by atoms with van der Waals surface area (Å²) in [6.07, 6.45) is 5.41. The van der Waals surface area contributed by atoms with Crippen molar-refractivity contribution in [1.82, 2.24) is 4.98 Å². The molecular formula is C11H15NS2. The summed E-state index contributed by atoms with van der Waals surface area (Å²) in [5.74, 6) is 2.13. The average Bonchev–Trinajstić information content (AvgIpc) is 2.75. The molecule has 2 heterocycles. The highest BCUT2D eigenvalue weighted by Crippen LogP contribution is 2.49. The van der Waals surface area contributed by atoms with Crippen LogP contribution >= 0.6 is 23.1 Å². The minimum absolute atomic E-state index is 0.345. The molecule has 0 amide bonds. The zero-order chi connectivity index (χ0) is 9.60. The number of thiazole rings is 1. The summed E-state index contributed by atoms with van der Waals surface area (Å²) in [6.45, 7) is 2.36. The summed E-state index contributed by atoms with van der Waals surface area (Å²) >= 11 is 3.97. The molecule has 14 heavy (non-hydrogen) atoms. The smallest absolute Gasteiger partial charge is 0.109 e. The first-order valence-corrected chi connectivity index (χ1v) is 7.24. The Morgan fingerprint density at radius 3 is 3.00 bits per heavy atom. The van der Waals surface area contributed by atoms with E-state index in [2.05, 4.69) is 24.1 Å². The van der Waals surface area contributed by atoms with E-state index in [1.54, 1.807) is 0 Å². The van der Waals surface area contributed by atoms with Crippen LogP contribution in [0, 0.1) is 0 Å². The molecule has 1 aliphatic carbocycles. The molecule has 1 aromatic heterocycles. The van der Waals surface area contributed by atoms with Gasteiger partial charge < -0.3 is 0 Å². The third-order valence-corrected chi connectivity index (χ3v) is 5.97. The standard InChI is InChI=1S/C11H15NS2/c1-11(5-2-6-14-11)10-12-9(7-13-10)8-3-4-8/h7-8H,2-6H2,1H3. The fraction of sp³-hybridized carbons (Fsp3) is 0.727. The zero-order valence-electron chi connectivity index (χ0n) is 8.45. The van der Waals surface area contributed by atoms with Crippen LogP contribution in [0.2, 0.25) is 0 Å². The maximum Gasteiger partial charge on any atom is 0.109 e. The first-order chi connectivity index (χ1) is 6.78. The predicted octanol–water partition coefficient (Wildman–Crippen LogP) is 3.76. The lowest BCUT2D eigenvalue weighted by atomic mass is 10.1. The van der Waals surface area contributed by atoms with Gasteiger partial charge >= 0.3 is 0 Å². The van der Waals surface area contributed by atoms with Gasteiger partial charge in [0, 0.05) is 11.3 Å². The lowest BCUT2D eigenvalue weighted by Crippen LogP contribution is -2.12. The molecule has 1 atom stereocenters. The molecule has 1 aromatic rings. The van der Waals surface area contributed by atoms with Gasteiger partial charge in [0.15, 0.2) is 0 Å². The van der Waals surface area contributed by atoms with Crippen molar-refractivity contribution < 1.29 is 0 Å². The third-order valence-electron chi connectivity index (χ3n) is 3.19. The van der Waals surface area contributed by atoms with Gasteiger partial charge in [0.1, 0.15) is 5.01 Å². The van der Waals surface area contributed by atoms with Crippen molar-refractivity contribution >= 4 is 23.1 Å². The number of rotatable bonds is 2. The molecule has 1 nitrogen and oxygen atoms in total. The van der Waals surface area contributed by atoms with E-state index >= 15 is 0 Å². The van der Waals surface area contributed by atoms with E-state index < -0.39 is 0 Å². The zero-order valence-corrected chi connectivity index (χ0v) is 10.1. The van der Waals surface area contributed by atoms with Crippen LogP contribution in [0.5, 0.6) is 0 Å². The van der Waals surface area contributed by atoms with Crippen LogP contribution in [0.1, 0.15) is 49.2 Å². The van der Waals surface area contributed by atoms with Crippen molar-refractivity contribution in [2.45, 2.75) is 43.3 Å². The highest BCUT2D eigenvalue weighted by molar-refractivity contribution is 8.00. The van der Waals surface area contributed by atoms with Crippen LogP contribution in [0.3, 0.4) is 0 Å². The van der Waals surface area contributed by atoms with Crippen LogP contribution in [0.15, 0.2) is 5.38 Å². The summed E-state index contributed by atoms with van der Waals surface area (Å²) in [5, 5.41) is 3.67. The number of aromatic nitrogens is 1. The van der Waals surface area contributed by atoms with Gasteiger partial charge in [0.25, 0.3) is 0 Å². The Morgan fingerprint density at radius 1 is 1.50 bits per heavy atom. The predicted molar refractivity (Wildman–Crippen MR) is 63.1 cm³/mol. The second-order valence-electron chi connectivity index (χ2n) is 4.53. The van der Waals surface area contributed by atoms with E-state index in [0.29, 0.717) is 4.75 Å². The first-order valence-electron chi connectivity index (χ1n) is 5.38. The van der Waals surface area contributed by atoms with E-state index in [4.69, 9.17) is 4.98 Å². The molecule has 1 unspecified atom stereocenters. The van der Waals surface area contributed by atoms with Gasteiger partial charge in [0.2, 0.25) is 0 Å². The molecule has 0 bridgehead atoms. The third kappa shape index (κ3) is 1.50. The second-order valence-corrected chi connectivity index (χ2v) is 6.99. The molecule has 0 aromatic carbocycles. The van der Waals surface area contributed by atoms with Crippen LogP contribution < -0.4 is 0 Å². The molecule has 3 heteroatoms. The summed E-state index contributed by atoms with van der Waals surface area (Å²) in [4.78, 5) is 4.82. The minimum Gasteiger partial charge on any atom is -0.244 e. The molecule has 0 radical (unpaired) electrons. The van der Waals surface area contributed by atoms with E-state index in [9.17, 15) is 0 Å². The van der Waals surface area contributed by atoms with E-state index in [1.165, 1.54) is 42.1 Å². The molecule has 76 valence electrons. The number of hydrogen-bond acceptors (Lipinski definition) is 3. The van der Waals surface area contributed by atoms with Gasteiger partial charge in [-0.15, -0.1) is 23.1 Å². The molecule has 2 fully saturated rings. The Balaban J connectivity index is 1.87. The average molecular weight is 225 g/mol. The van der Waals surface area contributed by atoms with Crippen LogP contribution in [-0.4, -0.2) is 10.7 Å². The number of hydrogen-bond donors (Lipinski definition) is 0. The Labute approximate surface area is 93.3 Å². The van der Waals surface area contributed by atoms with Gasteiger partial charge in [-0.3, -0.25) is 0 Å². The largest absolute Gasteiger partial charge is 0.244 e. The van der Waals surface area contributed by atoms with Gasteiger partial charge in [-0.25, -0.2) is 4.98 Å². The van der Waals surface area contributed by atoms with Gasteiger partial charge in [0.05, 0.1) is 10.4 Å². The monoisotopic (exact) mass is 225 g/mol. The molecule has 1 aliphatic heterocycles. The van der Waals surface area contributed by atoms with Gasteiger partial charge in [-0.2, -0.15) is 0 Å². The second kappa shape index (κ2) is 3.24. The molecule has 1 saturated carbocycles. The first kappa shape index (κ1) is 9.22. The maximum atomic E-state index is 4.82. The van der Waals surface area contributed by atoms with Gasteiger partial charge in [-0.05, 0) is 38.4 Å². The molecule has 2 aliphatic rings. The Bertz CT molecular complexity index is 335. The molecule has 1 saturated heterocycles. The number of nitrogens with zero attached hydrogens (tertiary/aromatic N) is 1. The topological polar surface area (TPSA) is 12.9 Å². The highest BCUT2D eigenvalue weighted by Gasteiger charge is 2.35. The fourth-order valence-corrected chi connectivity index (χ4v) is 4.55. The van der Waals surface area contributed by atoms with Crippen molar-refractivity contribution in [2.24, 2.45) is 0 Å². The minimum atomic E-state index is 0.345. The summed E-state index contributed by atoms with van der Waals surface area (Å²) in [5.41, 5.74) is 1.37. The Morgan fingerprint density at radius 2 is 2.36 bits per heavy atom. The van der Waals surface area contributed by atoms with Crippen molar-refractivity contribution in [1.29, 1.82) is 0 Å². The summed E-state index contributed by atoms with van der Waals surface area (Å²) in [6, 6.07) is 0. The lowest BCUT2D eigenvalue weighted by Gasteiger charge is -2.18. The Hall–Kier alpha value is -0.0200.